The van der Waals surface area contributed by atoms with Crippen molar-refractivity contribution in [2.24, 2.45) is 23.7 Å². The summed E-state index contributed by atoms with van der Waals surface area (Å²) in [5.41, 5.74) is -0.325. The first-order chi connectivity index (χ1) is 33.8. The van der Waals surface area contributed by atoms with Crippen molar-refractivity contribution in [1.82, 2.24) is 5.32 Å². The molecule has 1 unspecified atom stereocenters. The Morgan fingerprint density at radius 1 is 0.803 bits per heavy atom. The van der Waals surface area contributed by atoms with Crippen LogP contribution in [0.15, 0.2) is 36.1 Å². The molecule has 1 fully saturated rings. The molecule has 4 heterocycles. The third-order valence-electron chi connectivity index (χ3n) is 13.1. The number of fused-ring (bicyclic) bond motifs is 14. The van der Waals surface area contributed by atoms with Crippen molar-refractivity contribution in [1.29, 1.82) is 0 Å². The molecule has 396 valence electrons. The number of nitrogens with one attached hydrogen (secondary N) is 2. The van der Waals surface area contributed by atoms with Crippen LogP contribution in [-0.4, -0.2) is 166 Å². The third kappa shape index (κ3) is 14.2. The van der Waals surface area contributed by atoms with Crippen LogP contribution in [0.2, 0.25) is 0 Å². The van der Waals surface area contributed by atoms with E-state index in [1.165, 1.54) is 53.2 Å². The lowest BCUT2D eigenvalue weighted by atomic mass is 9.78. The Kier molecular flexibility index (Phi) is 21.5. The van der Waals surface area contributed by atoms with Crippen LogP contribution in [0, 0.1) is 30.6 Å². The first-order valence-corrected chi connectivity index (χ1v) is 24.1. The van der Waals surface area contributed by atoms with Crippen molar-refractivity contribution in [3.8, 4) is 23.0 Å². The van der Waals surface area contributed by atoms with Gasteiger partial charge in [-0.1, -0.05) is 45.9 Å². The average Bonchev–Trinajstić information content (AvgIpc) is 3.60. The summed E-state index contributed by atoms with van der Waals surface area (Å²) < 4.78 is 58.0. The van der Waals surface area contributed by atoms with Gasteiger partial charge in [-0.3, -0.25) is 14.4 Å². The number of Topliss-reactive ketones (excluding diaryl/α,β-unsaturated/α-hetero) is 1. The molecule has 7 N–H and O–H groups in total. The Morgan fingerprint density at radius 3 is 2.01 bits per heavy atom. The Balaban J connectivity index is 1.57. The second-order valence-electron chi connectivity index (χ2n) is 18.3. The zero-order valence-corrected chi connectivity index (χ0v) is 42.3. The highest BCUT2D eigenvalue weighted by molar-refractivity contribution is 6.22. The molecule has 71 heavy (non-hydrogen) atoms. The van der Waals surface area contributed by atoms with Gasteiger partial charge in [-0.05, 0) is 19.9 Å². The summed E-state index contributed by atoms with van der Waals surface area (Å²) in [5.74, 6) is -8.59. The summed E-state index contributed by atoms with van der Waals surface area (Å²) >= 11 is 0. The van der Waals surface area contributed by atoms with Crippen LogP contribution in [0.5, 0.6) is 23.0 Å². The number of methoxy groups -OCH3 is 1. The number of benzene rings is 2. The molecule has 1 amide bonds. The molecule has 20 heteroatoms. The van der Waals surface area contributed by atoms with Crippen molar-refractivity contribution >= 4 is 34.1 Å². The van der Waals surface area contributed by atoms with Crippen LogP contribution in [0.3, 0.4) is 0 Å². The molecule has 4 aliphatic heterocycles. The summed E-state index contributed by atoms with van der Waals surface area (Å²) in [6.45, 7) is 16.0. The predicted octanol–water partition coefficient (Wildman–Crippen LogP) is 4.33. The third-order valence-corrected chi connectivity index (χ3v) is 13.1. The minimum atomic E-state index is -2.08. The Labute approximate surface area is 415 Å². The number of esters is 1. The smallest absolute Gasteiger partial charge is 0.312 e. The highest BCUT2D eigenvalue weighted by atomic mass is 16.7. The number of rotatable bonds is 6. The fourth-order valence-corrected chi connectivity index (χ4v) is 8.85. The number of carbonyl (C=O) groups is 3. The molecular formula is C51H74N2O18. The Hall–Kier alpha value is -4.87. The van der Waals surface area contributed by atoms with Crippen molar-refractivity contribution < 1.29 is 87.3 Å². The van der Waals surface area contributed by atoms with E-state index in [0.29, 0.717) is 46.2 Å². The highest BCUT2D eigenvalue weighted by Crippen LogP contribution is 2.55. The van der Waals surface area contributed by atoms with Gasteiger partial charge in [0.2, 0.25) is 0 Å². The summed E-state index contributed by atoms with van der Waals surface area (Å²) in [5, 5.41) is 64.6. The van der Waals surface area contributed by atoms with Gasteiger partial charge in [-0.15, -0.1) is 0 Å². The van der Waals surface area contributed by atoms with E-state index in [1.54, 1.807) is 39.8 Å². The molecule has 0 aliphatic carbocycles. The maximum Gasteiger partial charge on any atom is 0.312 e. The van der Waals surface area contributed by atoms with Crippen LogP contribution < -0.4 is 15.4 Å². The number of ketones is 1. The van der Waals surface area contributed by atoms with Gasteiger partial charge in [-0.2, -0.15) is 0 Å². The van der Waals surface area contributed by atoms with Crippen molar-refractivity contribution in [2.75, 3.05) is 91.6 Å². The van der Waals surface area contributed by atoms with E-state index in [1.807, 2.05) is 0 Å². The molecule has 2 aromatic rings. The predicted molar refractivity (Wildman–Crippen MR) is 259 cm³/mol. The topological polar surface area (TPSA) is 269 Å². The quantitative estimate of drug-likeness (QED) is 0.121. The minimum absolute atomic E-state index is 0.0332. The van der Waals surface area contributed by atoms with Gasteiger partial charge in [0.1, 0.15) is 23.4 Å². The number of aliphatic hydroxyl groups excluding tert-OH is 2. The maximum absolute atomic E-state index is 14.6. The number of ether oxygens (including phenoxy) is 10. The van der Waals surface area contributed by atoms with Gasteiger partial charge in [-0.25, -0.2) is 0 Å². The number of anilines is 1. The number of hydrogen-bond donors (Lipinski definition) is 7. The van der Waals surface area contributed by atoms with Gasteiger partial charge in [0, 0.05) is 79.8 Å². The fraction of sp³-hybridized carbons (Fsp3) is 0.627. The van der Waals surface area contributed by atoms with Gasteiger partial charge in [0.05, 0.1) is 120 Å². The van der Waals surface area contributed by atoms with E-state index in [2.05, 4.69) is 10.6 Å². The van der Waals surface area contributed by atoms with Gasteiger partial charge >= 0.3 is 11.8 Å². The van der Waals surface area contributed by atoms with Crippen LogP contribution in [0.1, 0.15) is 70.0 Å². The van der Waals surface area contributed by atoms with E-state index in [4.69, 9.17) is 47.4 Å². The molecule has 6 rings (SSSR count). The summed E-state index contributed by atoms with van der Waals surface area (Å²) in [6, 6.07) is 0. The molecule has 4 aliphatic rings. The summed E-state index contributed by atoms with van der Waals surface area (Å²) in [7, 11) is 1.43. The number of aromatic hydroxyl groups is 3. The molecule has 0 radical (unpaired) electrons. The fourth-order valence-electron chi connectivity index (χ4n) is 8.85. The lowest BCUT2D eigenvalue weighted by Crippen LogP contribution is -2.46. The van der Waals surface area contributed by atoms with Crippen molar-refractivity contribution in [3.63, 3.8) is 0 Å². The molecule has 5 bridgehead atoms. The minimum Gasteiger partial charge on any atom is -0.507 e. The van der Waals surface area contributed by atoms with E-state index >= 15 is 0 Å². The van der Waals surface area contributed by atoms with Crippen LogP contribution in [0.25, 0.3) is 10.8 Å². The first-order valence-electron chi connectivity index (χ1n) is 24.1. The lowest BCUT2D eigenvalue weighted by molar-refractivity contribution is -0.160. The van der Waals surface area contributed by atoms with Gasteiger partial charge in [0.25, 0.3) is 11.7 Å². The molecule has 1 saturated heterocycles. The van der Waals surface area contributed by atoms with E-state index in [-0.39, 0.29) is 84.0 Å². The first kappa shape index (κ1) is 57.0. The van der Waals surface area contributed by atoms with E-state index in [0.717, 1.165) is 0 Å². The van der Waals surface area contributed by atoms with Gasteiger partial charge < -0.3 is 83.5 Å². The van der Waals surface area contributed by atoms with Crippen molar-refractivity contribution in [3.05, 3.63) is 52.8 Å². The van der Waals surface area contributed by atoms with Crippen LogP contribution in [0.4, 0.5) is 5.69 Å². The number of allylic oxidation sites excluding steroid dienone is 2. The number of carbonyl (C=O) groups excluding carboxylic acids is 3. The Bertz CT molecular complexity index is 2210. The highest BCUT2D eigenvalue weighted by Gasteiger charge is 2.50. The zero-order valence-electron chi connectivity index (χ0n) is 42.3. The molecule has 2 aromatic carbocycles. The zero-order chi connectivity index (χ0) is 52.0. The van der Waals surface area contributed by atoms with E-state index < -0.39 is 94.9 Å². The van der Waals surface area contributed by atoms with Crippen LogP contribution in [-0.2, 0) is 58.8 Å². The normalized spacial score (nSPS) is 31.3. The molecular weight excluding hydrogens is 929 g/mol. The lowest BCUT2D eigenvalue weighted by Gasteiger charge is -2.38. The number of hydrogen-bond acceptors (Lipinski definition) is 19. The number of aliphatic hydroxyl groups is 2. The standard InChI is InChI=1S/C51H74N2O18/c1-28-11-10-12-29(2)50(61)53-41-36(26-52-25-35-27-67-22-21-65-18-17-63-15-16-64-19-20-66-23-24-68-35)45(58)38-39(46(41)59)44(57)33(6)48-40(38)49(60)51(8,71-48)69-14-13-37(62-9)30(3)47(70-34(7)54)32(5)43(56)31(4)42(28)55/h10-14,28,30-32,35,37,42-43,47,52,55-59H,15-27H2,1-9H3,(H,53,61)/b11-10+,14-13+,29-12-/t28-,30+,31+,32+,35?,37-,42-,43+,47+,51-/m0/s1. The second kappa shape index (κ2) is 26.7. The molecule has 0 aromatic heterocycles. The number of phenolic OH excluding ortho intramolecular Hbond substituents is 3. The average molecular weight is 1000 g/mol. The molecule has 0 saturated carbocycles. The monoisotopic (exact) mass is 1000 g/mol. The second-order valence-corrected chi connectivity index (χ2v) is 18.3. The summed E-state index contributed by atoms with van der Waals surface area (Å²) in [4.78, 5) is 41.1. The summed E-state index contributed by atoms with van der Waals surface area (Å²) in [6.07, 6.45) is 2.88. The van der Waals surface area contributed by atoms with E-state index in [9.17, 15) is 39.9 Å². The Morgan fingerprint density at radius 2 is 1.41 bits per heavy atom. The molecule has 10 atom stereocenters. The number of phenols is 3. The molecule has 20 nitrogen and oxygen atoms in total. The van der Waals surface area contributed by atoms with Gasteiger partial charge in [0.15, 0.2) is 5.75 Å². The van der Waals surface area contributed by atoms with Crippen molar-refractivity contribution in [2.45, 2.75) is 98.2 Å². The maximum atomic E-state index is 14.6. The number of amides is 1. The molecule has 0 spiro atoms. The van der Waals surface area contributed by atoms with Crippen LogP contribution >= 0.6 is 0 Å². The SMILES string of the molecule is CO[C@H]1/C=C/O[C@@]2(C)Oc3c(C)c(O)c4c(O)c(c(CNCC5COCCOCCOCCOCCOCCO5)c(O)c4c3C2=O)NC(=O)/C(C)=C\C=C\[C@H](C)[C@H](O)[C@@H](C)[C@@H](O)[C@@H](C)[C@H](OC(C)=O)[C@@H]1C. The largest absolute Gasteiger partial charge is 0.507 e.